The number of benzene rings is 1. The van der Waals surface area contributed by atoms with Crippen LogP contribution in [0.4, 0.5) is 10.1 Å². The highest BCUT2D eigenvalue weighted by Gasteiger charge is 2.21. The average Bonchev–Trinajstić information content (AvgIpc) is 2.39. The van der Waals surface area contributed by atoms with Crippen LogP contribution in [-0.4, -0.2) is 54.3 Å². The van der Waals surface area contributed by atoms with E-state index in [9.17, 15) is 4.39 Å². The molecule has 1 heterocycles. The number of thiocarbonyl (C=S) groups is 1. The number of halogens is 1. The molecular weight excluding hydrogens is 265 g/mol. The van der Waals surface area contributed by atoms with Gasteiger partial charge in [-0.1, -0.05) is 18.3 Å². The minimum Gasteiger partial charge on any atom is -0.395 e. The van der Waals surface area contributed by atoms with E-state index in [1.807, 2.05) is 6.07 Å². The Morgan fingerprint density at radius 3 is 2.58 bits per heavy atom. The molecular formula is C13H18FN3OS. The second-order valence-electron chi connectivity index (χ2n) is 4.55. The number of aliphatic hydroxyl groups is 1. The first-order valence-corrected chi connectivity index (χ1v) is 6.71. The summed E-state index contributed by atoms with van der Waals surface area (Å²) in [7, 11) is 0. The topological polar surface area (TPSA) is 52.7 Å². The quantitative estimate of drug-likeness (QED) is 0.792. The van der Waals surface area contributed by atoms with E-state index in [1.54, 1.807) is 6.07 Å². The van der Waals surface area contributed by atoms with Gasteiger partial charge in [0.25, 0.3) is 0 Å². The van der Waals surface area contributed by atoms with E-state index in [0.717, 1.165) is 31.9 Å². The van der Waals surface area contributed by atoms with Crippen LogP contribution in [0.2, 0.25) is 0 Å². The molecule has 1 saturated heterocycles. The molecule has 6 heteroatoms. The normalized spacial score (nSPS) is 16.6. The van der Waals surface area contributed by atoms with Gasteiger partial charge < -0.3 is 15.7 Å². The minimum atomic E-state index is -0.372. The van der Waals surface area contributed by atoms with Crippen LogP contribution >= 0.6 is 12.2 Å². The monoisotopic (exact) mass is 283 g/mol. The molecule has 0 amide bonds. The lowest BCUT2D eigenvalue weighted by molar-refractivity contribution is 0.189. The predicted octanol–water partition coefficient (Wildman–Crippen LogP) is 0.574. The van der Waals surface area contributed by atoms with Gasteiger partial charge in [0.15, 0.2) is 0 Å². The van der Waals surface area contributed by atoms with Crippen molar-refractivity contribution in [3.8, 4) is 0 Å². The molecule has 0 aliphatic carbocycles. The zero-order valence-corrected chi connectivity index (χ0v) is 11.5. The summed E-state index contributed by atoms with van der Waals surface area (Å²) < 4.78 is 13.8. The number of piperazine rings is 1. The molecule has 0 saturated carbocycles. The zero-order chi connectivity index (χ0) is 13.8. The summed E-state index contributed by atoms with van der Waals surface area (Å²) in [5.74, 6) is -0.372. The summed E-state index contributed by atoms with van der Waals surface area (Å²) in [4.78, 5) is 4.35. The van der Waals surface area contributed by atoms with Crippen molar-refractivity contribution in [3.05, 3.63) is 29.6 Å². The fourth-order valence-corrected chi connectivity index (χ4v) is 2.58. The van der Waals surface area contributed by atoms with Crippen molar-refractivity contribution in [2.24, 2.45) is 5.73 Å². The zero-order valence-electron chi connectivity index (χ0n) is 10.7. The third-order valence-corrected chi connectivity index (χ3v) is 3.57. The van der Waals surface area contributed by atoms with Crippen LogP contribution in [0.1, 0.15) is 5.56 Å². The number of hydrogen-bond acceptors (Lipinski definition) is 4. The summed E-state index contributed by atoms with van der Waals surface area (Å²) >= 11 is 4.94. The fraction of sp³-hybridized carbons (Fsp3) is 0.462. The maximum atomic E-state index is 13.8. The van der Waals surface area contributed by atoms with Crippen molar-refractivity contribution >= 4 is 22.9 Å². The van der Waals surface area contributed by atoms with Gasteiger partial charge in [-0.25, -0.2) is 4.39 Å². The summed E-state index contributed by atoms with van der Waals surface area (Å²) in [6, 6.07) is 4.89. The first kappa shape index (κ1) is 14.2. The van der Waals surface area contributed by atoms with Crippen molar-refractivity contribution in [2.75, 3.05) is 44.2 Å². The minimum absolute atomic E-state index is 0.0888. The number of nitrogens with zero attached hydrogens (tertiary/aromatic N) is 2. The van der Waals surface area contributed by atoms with Crippen molar-refractivity contribution < 1.29 is 9.50 Å². The van der Waals surface area contributed by atoms with E-state index < -0.39 is 0 Å². The Hall–Kier alpha value is -1.24. The SMILES string of the molecule is NC(=S)c1c(F)cccc1N1CCN(CCO)CC1. The lowest BCUT2D eigenvalue weighted by Crippen LogP contribution is -2.47. The molecule has 1 fully saturated rings. The smallest absolute Gasteiger partial charge is 0.135 e. The molecule has 4 nitrogen and oxygen atoms in total. The molecule has 0 spiro atoms. The van der Waals surface area contributed by atoms with Crippen LogP contribution in [0.15, 0.2) is 18.2 Å². The number of hydrogen-bond donors (Lipinski definition) is 2. The Morgan fingerprint density at radius 1 is 1.32 bits per heavy atom. The Balaban J connectivity index is 2.15. The van der Waals surface area contributed by atoms with Crippen LogP contribution in [0, 0.1) is 5.82 Å². The molecule has 1 aromatic rings. The molecule has 1 aliphatic rings. The lowest BCUT2D eigenvalue weighted by atomic mass is 10.1. The van der Waals surface area contributed by atoms with E-state index in [1.165, 1.54) is 6.07 Å². The number of anilines is 1. The summed E-state index contributed by atoms with van der Waals surface area (Å²) in [6.45, 7) is 4.08. The van der Waals surface area contributed by atoms with Crippen molar-refractivity contribution in [2.45, 2.75) is 0 Å². The van der Waals surface area contributed by atoms with Gasteiger partial charge in [-0.3, -0.25) is 4.90 Å². The highest BCUT2D eigenvalue weighted by molar-refractivity contribution is 7.80. The predicted molar refractivity (Wildman–Crippen MR) is 78.0 cm³/mol. The van der Waals surface area contributed by atoms with Crippen molar-refractivity contribution in [1.29, 1.82) is 0 Å². The molecule has 0 bridgehead atoms. The van der Waals surface area contributed by atoms with Gasteiger partial charge in [-0.2, -0.15) is 0 Å². The van der Waals surface area contributed by atoms with E-state index in [4.69, 9.17) is 23.1 Å². The molecule has 104 valence electrons. The number of β-amino-alcohol motifs (C(OH)–C–C–N with tert-alkyl or cyclic N) is 1. The van der Waals surface area contributed by atoms with Crippen LogP contribution in [0.5, 0.6) is 0 Å². The largest absolute Gasteiger partial charge is 0.395 e. The van der Waals surface area contributed by atoms with Gasteiger partial charge in [0, 0.05) is 38.4 Å². The second-order valence-corrected chi connectivity index (χ2v) is 4.99. The van der Waals surface area contributed by atoms with E-state index in [2.05, 4.69) is 9.80 Å². The second kappa shape index (κ2) is 6.27. The fourth-order valence-electron chi connectivity index (χ4n) is 2.37. The van der Waals surface area contributed by atoms with Crippen molar-refractivity contribution in [3.63, 3.8) is 0 Å². The van der Waals surface area contributed by atoms with Gasteiger partial charge in [0.2, 0.25) is 0 Å². The Kier molecular flexibility index (Phi) is 4.68. The van der Waals surface area contributed by atoms with Crippen molar-refractivity contribution in [1.82, 2.24) is 4.90 Å². The van der Waals surface area contributed by atoms with E-state index >= 15 is 0 Å². The summed E-state index contributed by atoms with van der Waals surface area (Å²) in [5, 5.41) is 8.92. The first-order valence-electron chi connectivity index (χ1n) is 6.30. The Morgan fingerprint density at radius 2 is 2.00 bits per heavy atom. The molecule has 1 aromatic carbocycles. The summed E-state index contributed by atoms with van der Waals surface area (Å²) in [5.41, 5.74) is 6.71. The molecule has 1 aliphatic heterocycles. The van der Waals surface area contributed by atoms with Crippen LogP contribution < -0.4 is 10.6 Å². The van der Waals surface area contributed by atoms with Crippen LogP contribution in [0.3, 0.4) is 0 Å². The van der Waals surface area contributed by atoms with Gasteiger partial charge in [-0.15, -0.1) is 0 Å². The highest BCUT2D eigenvalue weighted by atomic mass is 32.1. The third-order valence-electron chi connectivity index (χ3n) is 3.37. The first-order chi connectivity index (χ1) is 9.13. The van der Waals surface area contributed by atoms with Crippen LogP contribution in [0.25, 0.3) is 0 Å². The average molecular weight is 283 g/mol. The molecule has 0 aromatic heterocycles. The number of aliphatic hydroxyl groups excluding tert-OH is 1. The maximum absolute atomic E-state index is 13.8. The molecule has 19 heavy (non-hydrogen) atoms. The van der Waals surface area contributed by atoms with E-state index in [-0.39, 0.29) is 17.4 Å². The van der Waals surface area contributed by atoms with E-state index in [0.29, 0.717) is 12.1 Å². The Bertz CT molecular complexity index is 461. The molecule has 0 radical (unpaired) electrons. The number of rotatable bonds is 4. The van der Waals surface area contributed by atoms with Gasteiger partial charge in [-0.05, 0) is 12.1 Å². The standard InChI is InChI=1S/C13H18FN3OS/c14-10-2-1-3-11(12(10)13(15)19)17-6-4-16(5-7-17)8-9-18/h1-3,18H,4-9H2,(H2,15,19). The maximum Gasteiger partial charge on any atom is 0.135 e. The van der Waals surface area contributed by atoms with Gasteiger partial charge in [0.05, 0.1) is 12.2 Å². The van der Waals surface area contributed by atoms with Gasteiger partial charge in [0.1, 0.15) is 10.8 Å². The summed E-state index contributed by atoms with van der Waals surface area (Å²) in [6.07, 6.45) is 0. The molecule has 3 N–H and O–H groups in total. The third kappa shape index (κ3) is 3.20. The van der Waals surface area contributed by atoms with Gasteiger partial charge >= 0.3 is 0 Å². The molecule has 0 atom stereocenters. The highest BCUT2D eigenvalue weighted by Crippen LogP contribution is 2.24. The van der Waals surface area contributed by atoms with Crippen LogP contribution in [-0.2, 0) is 0 Å². The molecule has 2 rings (SSSR count). The molecule has 0 unspecified atom stereocenters. The number of nitrogens with two attached hydrogens (primary N) is 1. The Labute approximate surface area is 117 Å². The lowest BCUT2D eigenvalue weighted by Gasteiger charge is -2.36.